The summed E-state index contributed by atoms with van der Waals surface area (Å²) < 4.78 is 13.5. The molecule has 0 radical (unpaired) electrons. The van der Waals surface area contributed by atoms with E-state index < -0.39 is 0 Å². The molecule has 30 heavy (non-hydrogen) atoms. The third kappa shape index (κ3) is 3.26. The molecule has 1 amide bonds. The van der Waals surface area contributed by atoms with E-state index in [0.717, 1.165) is 11.3 Å². The van der Waals surface area contributed by atoms with Crippen molar-refractivity contribution in [2.45, 2.75) is 13.1 Å². The number of carbonyl (C=O) groups is 1. The highest BCUT2D eigenvalue weighted by atomic mass is 16.7. The summed E-state index contributed by atoms with van der Waals surface area (Å²) in [5.41, 5.74) is 1.81. The first-order valence-corrected chi connectivity index (χ1v) is 9.33. The standard InChI is InChI=1S/C21H17N5O4/c27-19(22-9-14-6-7-17-18(8-14)30-13-29-17)11-25-12-23-20-16(21(25)28)10-24-26(20)15-4-2-1-3-5-15/h1-8,10,12H,9,11,13H2,(H,22,27). The SMILES string of the molecule is O=C(Cn1cnc2c(cnn2-c2ccccc2)c1=O)NCc1ccc2c(c1)OCO2. The van der Waals surface area contributed by atoms with Crippen LogP contribution in [0.15, 0.2) is 65.8 Å². The third-order valence-electron chi connectivity index (χ3n) is 4.80. The Balaban J connectivity index is 1.31. The summed E-state index contributed by atoms with van der Waals surface area (Å²) in [4.78, 5) is 29.5. The zero-order chi connectivity index (χ0) is 20.5. The molecule has 1 N–H and O–H groups in total. The predicted molar refractivity (Wildman–Crippen MR) is 108 cm³/mol. The molecule has 9 nitrogen and oxygen atoms in total. The van der Waals surface area contributed by atoms with Gasteiger partial charge in [-0.1, -0.05) is 24.3 Å². The molecular formula is C21H17N5O4. The van der Waals surface area contributed by atoms with Crippen LogP contribution < -0.4 is 20.3 Å². The number of benzene rings is 2. The Hall–Kier alpha value is -4.14. The van der Waals surface area contributed by atoms with Crippen LogP contribution in [0.1, 0.15) is 5.56 Å². The Bertz CT molecular complexity index is 1300. The van der Waals surface area contributed by atoms with Crippen LogP contribution in [0.5, 0.6) is 11.5 Å². The first kappa shape index (κ1) is 17.9. The zero-order valence-electron chi connectivity index (χ0n) is 15.8. The van der Waals surface area contributed by atoms with Gasteiger partial charge >= 0.3 is 0 Å². The van der Waals surface area contributed by atoms with Crippen molar-refractivity contribution >= 4 is 16.9 Å². The minimum Gasteiger partial charge on any atom is -0.454 e. The lowest BCUT2D eigenvalue weighted by atomic mass is 10.2. The van der Waals surface area contributed by atoms with Gasteiger partial charge < -0.3 is 14.8 Å². The average molecular weight is 403 g/mol. The Morgan fingerprint density at radius 1 is 1.10 bits per heavy atom. The van der Waals surface area contributed by atoms with Gasteiger partial charge in [0.05, 0.1) is 11.9 Å². The minimum absolute atomic E-state index is 0.136. The fraction of sp³-hybridized carbons (Fsp3) is 0.143. The highest BCUT2D eigenvalue weighted by molar-refractivity contribution is 5.77. The van der Waals surface area contributed by atoms with E-state index in [1.165, 1.54) is 17.1 Å². The maximum atomic E-state index is 12.8. The van der Waals surface area contributed by atoms with Crippen LogP contribution in [0, 0.1) is 0 Å². The summed E-state index contributed by atoms with van der Waals surface area (Å²) in [5.74, 6) is 1.04. The summed E-state index contributed by atoms with van der Waals surface area (Å²) in [6.07, 6.45) is 2.84. The number of ether oxygens (including phenoxy) is 2. The molecule has 5 rings (SSSR count). The van der Waals surface area contributed by atoms with Gasteiger partial charge in [-0.15, -0.1) is 0 Å². The average Bonchev–Trinajstić information content (AvgIpc) is 3.42. The number of nitrogens with one attached hydrogen (secondary N) is 1. The number of hydrogen-bond acceptors (Lipinski definition) is 6. The maximum absolute atomic E-state index is 12.8. The largest absolute Gasteiger partial charge is 0.454 e. The van der Waals surface area contributed by atoms with Crippen molar-refractivity contribution in [1.82, 2.24) is 24.6 Å². The molecule has 0 unspecified atom stereocenters. The minimum atomic E-state index is -0.319. The number of hydrogen-bond donors (Lipinski definition) is 1. The van der Waals surface area contributed by atoms with Gasteiger partial charge in [0.1, 0.15) is 18.3 Å². The molecule has 0 saturated carbocycles. The number of amides is 1. The summed E-state index contributed by atoms with van der Waals surface area (Å²) in [6.45, 7) is 0.374. The maximum Gasteiger partial charge on any atom is 0.264 e. The first-order valence-electron chi connectivity index (χ1n) is 9.33. The van der Waals surface area contributed by atoms with Crippen molar-refractivity contribution in [2.24, 2.45) is 0 Å². The van der Waals surface area contributed by atoms with Crippen LogP contribution in [-0.4, -0.2) is 32.0 Å². The number of carbonyl (C=O) groups excluding carboxylic acids is 1. The second-order valence-electron chi connectivity index (χ2n) is 6.77. The zero-order valence-corrected chi connectivity index (χ0v) is 15.8. The van der Waals surface area contributed by atoms with Gasteiger partial charge in [-0.25, -0.2) is 9.67 Å². The molecule has 2 aromatic heterocycles. The van der Waals surface area contributed by atoms with Crippen LogP contribution in [-0.2, 0) is 17.9 Å². The Kier molecular flexibility index (Phi) is 4.40. The molecular weight excluding hydrogens is 386 g/mol. The molecule has 0 spiro atoms. The molecule has 4 aromatic rings. The van der Waals surface area contributed by atoms with Gasteiger partial charge in [0.25, 0.3) is 5.56 Å². The summed E-state index contributed by atoms with van der Waals surface area (Å²) in [6, 6.07) is 14.9. The number of para-hydroxylation sites is 1. The predicted octanol–water partition coefficient (Wildman–Crippen LogP) is 1.63. The van der Waals surface area contributed by atoms with E-state index in [1.807, 2.05) is 42.5 Å². The van der Waals surface area contributed by atoms with Crippen molar-refractivity contribution in [3.05, 3.63) is 77.0 Å². The quantitative estimate of drug-likeness (QED) is 0.544. The van der Waals surface area contributed by atoms with E-state index in [2.05, 4.69) is 15.4 Å². The first-order chi connectivity index (χ1) is 14.7. The fourth-order valence-electron chi connectivity index (χ4n) is 3.28. The highest BCUT2D eigenvalue weighted by Crippen LogP contribution is 2.32. The van der Waals surface area contributed by atoms with Crippen LogP contribution >= 0.6 is 0 Å². The van der Waals surface area contributed by atoms with Gasteiger partial charge in [0.2, 0.25) is 12.7 Å². The van der Waals surface area contributed by atoms with E-state index in [4.69, 9.17) is 9.47 Å². The molecule has 0 fully saturated rings. The van der Waals surface area contributed by atoms with Crippen molar-refractivity contribution in [3.63, 3.8) is 0 Å². The molecule has 0 aliphatic carbocycles. The molecule has 2 aromatic carbocycles. The topological polar surface area (TPSA) is 100 Å². The highest BCUT2D eigenvalue weighted by Gasteiger charge is 2.15. The number of aromatic nitrogens is 4. The molecule has 1 aliphatic heterocycles. The van der Waals surface area contributed by atoms with Crippen molar-refractivity contribution < 1.29 is 14.3 Å². The Morgan fingerprint density at radius 2 is 1.93 bits per heavy atom. The lowest BCUT2D eigenvalue weighted by molar-refractivity contribution is -0.121. The second-order valence-corrected chi connectivity index (χ2v) is 6.77. The monoisotopic (exact) mass is 403 g/mol. The van der Waals surface area contributed by atoms with Gasteiger partial charge in [-0.2, -0.15) is 5.10 Å². The van der Waals surface area contributed by atoms with Gasteiger partial charge in [0, 0.05) is 6.54 Å². The van der Waals surface area contributed by atoms with E-state index in [9.17, 15) is 9.59 Å². The molecule has 150 valence electrons. The molecule has 3 heterocycles. The van der Waals surface area contributed by atoms with Crippen LogP contribution in [0.3, 0.4) is 0 Å². The molecule has 0 saturated heterocycles. The lowest BCUT2D eigenvalue weighted by Crippen LogP contribution is -2.32. The summed E-state index contributed by atoms with van der Waals surface area (Å²) in [7, 11) is 0. The van der Waals surface area contributed by atoms with Crippen molar-refractivity contribution in [3.8, 4) is 17.2 Å². The number of rotatable bonds is 5. The van der Waals surface area contributed by atoms with Gasteiger partial charge in [-0.05, 0) is 29.8 Å². The van der Waals surface area contributed by atoms with Crippen molar-refractivity contribution in [1.29, 1.82) is 0 Å². The normalized spacial score (nSPS) is 12.3. The van der Waals surface area contributed by atoms with Gasteiger partial charge in [-0.3, -0.25) is 14.2 Å². The second kappa shape index (κ2) is 7.36. The van der Waals surface area contributed by atoms with Crippen LogP contribution in [0.25, 0.3) is 16.7 Å². The lowest BCUT2D eigenvalue weighted by Gasteiger charge is -2.08. The van der Waals surface area contributed by atoms with Gasteiger partial charge in [0.15, 0.2) is 17.1 Å². The summed E-state index contributed by atoms with van der Waals surface area (Å²) >= 11 is 0. The molecule has 9 heteroatoms. The van der Waals surface area contributed by atoms with E-state index >= 15 is 0 Å². The fourth-order valence-corrected chi connectivity index (χ4v) is 3.28. The molecule has 0 bridgehead atoms. The van der Waals surface area contributed by atoms with Crippen molar-refractivity contribution in [2.75, 3.05) is 6.79 Å². The smallest absolute Gasteiger partial charge is 0.264 e. The third-order valence-corrected chi connectivity index (χ3v) is 4.80. The number of fused-ring (bicyclic) bond motifs is 2. The van der Waals surface area contributed by atoms with E-state index in [-0.39, 0.29) is 24.8 Å². The van der Waals surface area contributed by atoms with Crippen LogP contribution in [0.2, 0.25) is 0 Å². The Labute approximate surface area is 170 Å². The van der Waals surface area contributed by atoms with E-state index in [0.29, 0.717) is 29.1 Å². The molecule has 0 atom stereocenters. The van der Waals surface area contributed by atoms with E-state index in [1.54, 1.807) is 10.7 Å². The Morgan fingerprint density at radius 3 is 2.80 bits per heavy atom. The molecule has 1 aliphatic rings. The van der Waals surface area contributed by atoms with Crippen LogP contribution in [0.4, 0.5) is 0 Å². The number of nitrogens with zero attached hydrogens (tertiary/aromatic N) is 4. The summed E-state index contributed by atoms with van der Waals surface area (Å²) in [5, 5.41) is 7.42.